The fourth-order valence-corrected chi connectivity index (χ4v) is 5.42. The van der Waals surface area contributed by atoms with E-state index in [0.717, 1.165) is 31.6 Å². The smallest absolute Gasteiger partial charge is 0.249 e. The summed E-state index contributed by atoms with van der Waals surface area (Å²) in [6, 6.07) is 19.8. The first-order valence-electron chi connectivity index (χ1n) is 10.1. The number of rotatable bonds is 2. The maximum atomic E-state index is 13.2. The van der Waals surface area contributed by atoms with Gasteiger partial charge in [-0.25, -0.2) is 0 Å². The summed E-state index contributed by atoms with van der Waals surface area (Å²) in [7, 11) is 1.94. The van der Waals surface area contributed by atoms with Crippen molar-refractivity contribution in [2.24, 2.45) is 0 Å². The van der Waals surface area contributed by atoms with Gasteiger partial charge in [-0.2, -0.15) is 0 Å². The number of carbonyl (C=O) groups excluding carboxylic acids is 1. The molecule has 0 saturated carbocycles. The van der Waals surface area contributed by atoms with E-state index in [1.165, 1.54) is 24.0 Å². The van der Waals surface area contributed by atoms with E-state index in [1.54, 1.807) is 0 Å². The van der Waals surface area contributed by atoms with E-state index in [9.17, 15) is 4.79 Å². The number of likely N-dealkylation sites (tertiary alicyclic amines) is 1. The van der Waals surface area contributed by atoms with Crippen LogP contribution in [0.2, 0.25) is 0 Å². The van der Waals surface area contributed by atoms with Gasteiger partial charge in [-0.3, -0.25) is 9.69 Å². The van der Waals surface area contributed by atoms with Crippen molar-refractivity contribution in [3.8, 4) is 0 Å². The molecule has 1 atom stereocenters. The molecule has 0 aromatic heterocycles. The van der Waals surface area contributed by atoms with Crippen LogP contribution in [0.3, 0.4) is 0 Å². The van der Waals surface area contributed by atoms with Crippen molar-refractivity contribution in [3.05, 3.63) is 65.7 Å². The van der Waals surface area contributed by atoms with Crippen LogP contribution in [0.25, 0.3) is 0 Å². The molecule has 0 radical (unpaired) electrons. The van der Waals surface area contributed by atoms with Crippen molar-refractivity contribution in [2.45, 2.75) is 37.3 Å². The number of likely N-dealkylation sites (N-methyl/N-ethyl adjacent to an activating group) is 1. The fraction of sp³-hybridized carbons (Fsp3) is 0.435. The first-order valence-corrected chi connectivity index (χ1v) is 10.1. The molecule has 4 heteroatoms. The Balaban J connectivity index is 1.39. The minimum Gasteiger partial charge on any atom is -0.339 e. The SMILES string of the molecule is CN1CN(c2ccccc2)C2(CCN(C3CCc4ccccc43)CC2)C1=O. The molecule has 1 aliphatic carbocycles. The molecule has 2 saturated heterocycles. The van der Waals surface area contributed by atoms with Crippen molar-refractivity contribution < 1.29 is 4.79 Å². The molecule has 1 amide bonds. The highest BCUT2D eigenvalue weighted by Crippen LogP contribution is 2.43. The predicted octanol–water partition coefficient (Wildman–Crippen LogP) is 3.44. The molecular weight excluding hydrogens is 334 g/mol. The second-order valence-corrected chi connectivity index (χ2v) is 8.23. The van der Waals surface area contributed by atoms with Gasteiger partial charge in [0.25, 0.3) is 0 Å². The number of benzene rings is 2. The topological polar surface area (TPSA) is 26.8 Å². The minimum atomic E-state index is -0.370. The van der Waals surface area contributed by atoms with Gasteiger partial charge in [0.2, 0.25) is 5.91 Å². The van der Waals surface area contributed by atoms with Crippen molar-refractivity contribution in [3.63, 3.8) is 0 Å². The molecule has 1 spiro atoms. The van der Waals surface area contributed by atoms with Crippen LogP contribution >= 0.6 is 0 Å². The average Bonchev–Trinajstić information content (AvgIpc) is 3.25. The lowest BCUT2D eigenvalue weighted by molar-refractivity contribution is -0.132. The summed E-state index contributed by atoms with van der Waals surface area (Å²) in [5, 5.41) is 0. The van der Waals surface area contributed by atoms with E-state index in [2.05, 4.69) is 58.3 Å². The number of aryl methyl sites for hydroxylation is 1. The number of carbonyl (C=O) groups is 1. The van der Waals surface area contributed by atoms with Crippen LogP contribution in [-0.2, 0) is 11.2 Å². The maximum Gasteiger partial charge on any atom is 0.249 e. The minimum absolute atomic E-state index is 0.290. The first-order chi connectivity index (χ1) is 13.2. The Labute approximate surface area is 161 Å². The lowest BCUT2D eigenvalue weighted by atomic mass is 9.84. The van der Waals surface area contributed by atoms with E-state index in [4.69, 9.17) is 0 Å². The Morgan fingerprint density at radius 3 is 2.44 bits per heavy atom. The Hall–Kier alpha value is -2.33. The molecule has 3 aliphatic rings. The van der Waals surface area contributed by atoms with Crippen LogP contribution in [0, 0.1) is 0 Å². The number of nitrogens with zero attached hydrogens (tertiary/aromatic N) is 3. The number of fused-ring (bicyclic) bond motifs is 1. The van der Waals surface area contributed by atoms with Gasteiger partial charge >= 0.3 is 0 Å². The second-order valence-electron chi connectivity index (χ2n) is 8.23. The monoisotopic (exact) mass is 361 g/mol. The van der Waals surface area contributed by atoms with Crippen LogP contribution in [-0.4, -0.2) is 48.1 Å². The van der Waals surface area contributed by atoms with Gasteiger partial charge < -0.3 is 9.80 Å². The molecule has 2 aromatic rings. The Morgan fingerprint density at radius 2 is 1.67 bits per heavy atom. The van der Waals surface area contributed by atoms with Crippen molar-refractivity contribution >= 4 is 11.6 Å². The first kappa shape index (κ1) is 16.8. The van der Waals surface area contributed by atoms with Gasteiger partial charge in [0, 0.05) is 31.9 Å². The summed E-state index contributed by atoms with van der Waals surface area (Å²) in [5.74, 6) is 0.290. The Kier molecular flexibility index (Phi) is 3.97. The largest absolute Gasteiger partial charge is 0.339 e. The van der Waals surface area contributed by atoms with Gasteiger partial charge in [-0.15, -0.1) is 0 Å². The normalized spacial score (nSPS) is 24.6. The highest BCUT2D eigenvalue weighted by atomic mass is 16.2. The van der Waals surface area contributed by atoms with E-state index >= 15 is 0 Å². The van der Waals surface area contributed by atoms with Gasteiger partial charge in [0.05, 0.1) is 6.67 Å². The van der Waals surface area contributed by atoms with E-state index in [0.29, 0.717) is 12.7 Å². The average molecular weight is 361 g/mol. The molecule has 0 bridgehead atoms. The molecule has 2 aliphatic heterocycles. The maximum absolute atomic E-state index is 13.2. The van der Waals surface area contributed by atoms with Gasteiger partial charge in [0.1, 0.15) is 5.54 Å². The van der Waals surface area contributed by atoms with Crippen molar-refractivity contribution in [1.29, 1.82) is 0 Å². The van der Waals surface area contributed by atoms with Crippen LogP contribution in [0.4, 0.5) is 5.69 Å². The summed E-state index contributed by atoms with van der Waals surface area (Å²) in [6.45, 7) is 2.67. The zero-order chi connectivity index (χ0) is 18.4. The molecule has 2 fully saturated rings. The molecule has 27 heavy (non-hydrogen) atoms. The summed E-state index contributed by atoms with van der Waals surface area (Å²) in [5.41, 5.74) is 3.80. The molecule has 2 heterocycles. The molecule has 140 valence electrons. The highest BCUT2D eigenvalue weighted by molar-refractivity contribution is 5.93. The van der Waals surface area contributed by atoms with Crippen molar-refractivity contribution in [1.82, 2.24) is 9.80 Å². The molecule has 0 N–H and O–H groups in total. The molecule has 5 rings (SSSR count). The molecular formula is C23H27N3O. The number of anilines is 1. The molecule has 2 aromatic carbocycles. The van der Waals surface area contributed by atoms with Crippen LogP contribution in [0.1, 0.15) is 36.4 Å². The lowest BCUT2D eigenvalue weighted by Gasteiger charge is -2.45. The lowest BCUT2D eigenvalue weighted by Crippen LogP contribution is -2.56. The summed E-state index contributed by atoms with van der Waals surface area (Å²) in [6.07, 6.45) is 4.20. The molecule has 1 unspecified atom stereocenters. The zero-order valence-electron chi connectivity index (χ0n) is 16.0. The predicted molar refractivity (Wildman–Crippen MR) is 108 cm³/mol. The van der Waals surface area contributed by atoms with E-state index in [1.807, 2.05) is 18.0 Å². The summed E-state index contributed by atoms with van der Waals surface area (Å²) in [4.78, 5) is 20.0. The van der Waals surface area contributed by atoms with Gasteiger partial charge in [0.15, 0.2) is 0 Å². The van der Waals surface area contributed by atoms with Crippen molar-refractivity contribution in [2.75, 3.05) is 31.7 Å². The number of amides is 1. The Bertz CT molecular complexity index is 842. The third-order valence-electron chi connectivity index (χ3n) is 6.85. The van der Waals surface area contributed by atoms with Gasteiger partial charge in [-0.05, 0) is 48.9 Å². The van der Waals surface area contributed by atoms with Crippen LogP contribution in [0.15, 0.2) is 54.6 Å². The third-order valence-corrected chi connectivity index (χ3v) is 6.85. The highest BCUT2D eigenvalue weighted by Gasteiger charge is 2.53. The van der Waals surface area contributed by atoms with Crippen LogP contribution < -0.4 is 4.90 Å². The Morgan fingerprint density at radius 1 is 0.963 bits per heavy atom. The zero-order valence-corrected chi connectivity index (χ0v) is 16.0. The van der Waals surface area contributed by atoms with Gasteiger partial charge in [-0.1, -0.05) is 42.5 Å². The number of piperidine rings is 1. The number of para-hydroxylation sites is 1. The summed E-state index contributed by atoms with van der Waals surface area (Å²) >= 11 is 0. The molecule has 4 nitrogen and oxygen atoms in total. The third kappa shape index (κ3) is 2.58. The second kappa shape index (κ2) is 6.38. The number of hydrogen-bond acceptors (Lipinski definition) is 3. The summed E-state index contributed by atoms with van der Waals surface area (Å²) < 4.78 is 0. The number of hydrogen-bond donors (Lipinski definition) is 0. The van der Waals surface area contributed by atoms with Crippen LogP contribution in [0.5, 0.6) is 0 Å². The fourth-order valence-electron chi connectivity index (χ4n) is 5.42. The van der Waals surface area contributed by atoms with E-state index < -0.39 is 0 Å². The standard InChI is InChI=1S/C23H27N3O/c1-24-17-26(19-8-3-2-4-9-19)23(22(24)27)13-15-25(16-14-23)21-12-11-18-7-5-6-10-20(18)21/h2-10,21H,11-17H2,1H3. The quantitative estimate of drug-likeness (QED) is 0.820. The van der Waals surface area contributed by atoms with E-state index in [-0.39, 0.29) is 11.4 Å².